The average Bonchev–Trinajstić information content (AvgIpc) is 2.99. The van der Waals surface area contributed by atoms with Crippen LogP contribution in [0.25, 0.3) is 16.9 Å². The predicted octanol–water partition coefficient (Wildman–Crippen LogP) is 5.48. The lowest BCUT2D eigenvalue weighted by Gasteiger charge is -2.06. The van der Waals surface area contributed by atoms with Gasteiger partial charge in [-0.15, -0.1) is 0 Å². The highest BCUT2D eigenvalue weighted by atomic mass is 35.5. The molecule has 0 spiro atoms. The Morgan fingerprint density at radius 2 is 1.64 bits per heavy atom. The maximum absolute atomic E-state index is 13.7. The van der Waals surface area contributed by atoms with Crippen LogP contribution >= 0.6 is 34.8 Å². The molecule has 0 bridgehead atoms. The maximum Gasteiger partial charge on any atom is 0.354 e. The van der Waals surface area contributed by atoms with Crippen molar-refractivity contribution in [2.24, 2.45) is 0 Å². The molecule has 9 heteroatoms. The van der Waals surface area contributed by atoms with Crippen LogP contribution in [0.15, 0.2) is 36.4 Å². The second kappa shape index (κ2) is 6.63. The summed E-state index contributed by atoms with van der Waals surface area (Å²) in [6, 6.07) is 7.09. The molecule has 4 nitrogen and oxygen atoms in total. The minimum absolute atomic E-state index is 0.102. The highest BCUT2D eigenvalue weighted by Crippen LogP contribution is 2.33. The zero-order chi connectivity index (χ0) is 18.3. The molecule has 1 heterocycles. The van der Waals surface area contributed by atoms with Crippen LogP contribution in [0.3, 0.4) is 0 Å². The molecule has 3 rings (SSSR count). The fourth-order valence-corrected chi connectivity index (χ4v) is 2.85. The molecule has 0 atom stereocenters. The maximum atomic E-state index is 13.7. The van der Waals surface area contributed by atoms with Crippen LogP contribution in [0.1, 0.15) is 10.5 Å². The molecule has 128 valence electrons. The third-order valence-corrected chi connectivity index (χ3v) is 4.25. The summed E-state index contributed by atoms with van der Waals surface area (Å²) in [5.74, 6) is -2.67. The lowest BCUT2D eigenvalue weighted by molar-refractivity contribution is 0.0687. The number of benzene rings is 2. The van der Waals surface area contributed by atoms with Gasteiger partial charge in [0.25, 0.3) is 0 Å². The number of hydrogen-bond donors (Lipinski definition) is 1. The molecule has 1 aromatic heterocycles. The molecule has 1 N–H and O–H groups in total. The Kier molecular flexibility index (Phi) is 4.69. The molecule has 0 fully saturated rings. The predicted molar refractivity (Wildman–Crippen MR) is 90.9 cm³/mol. The van der Waals surface area contributed by atoms with Gasteiger partial charge in [-0.2, -0.15) is 5.10 Å². The van der Waals surface area contributed by atoms with E-state index >= 15 is 0 Å². The largest absolute Gasteiger partial charge is 0.477 e. The van der Waals surface area contributed by atoms with Gasteiger partial charge in [-0.3, -0.25) is 0 Å². The van der Waals surface area contributed by atoms with Gasteiger partial charge in [0.2, 0.25) is 0 Å². The van der Waals surface area contributed by atoms with E-state index in [0.29, 0.717) is 0 Å². The van der Waals surface area contributed by atoms with Gasteiger partial charge in [0.15, 0.2) is 5.69 Å². The van der Waals surface area contributed by atoms with Crippen molar-refractivity contribution in [3.8, 4) is 16.9 Å². The fraction of sp³-hybridized carbons (Fsp3) is 0. The normalized spacial score (nSPS) is 10.9. The number of carboxylic acid groups (broad SMARTS) is 1. The van der Waals surface area contributed by atoms with Crippen molar-refractivity contribution in [1.82, 2.24) is 9.78 Å². The number of nitrogens with zero attached hydrogens (tertiary/aromatic N) is 2. The Morgan fingerprint density at radius 1 is 0.960 bits per heavy atom. The Balaban J connectivity index is 2.20. The zero-order valence-electron chi connectivity index (χ0n) is 12.1. The molecule has 0 unspecified atom stereocenters. The van der Waals surface area contributed by atoms with Gasteiger partial charge in [-0.05, 0) is 36.4 Å². The number of carbonyl (C=O) groups is 1. The van der Waals surface area contributed by atoms with Gasteiger partial charge in [-0.1, -0.05) is 34.8 Å². The smallest absolute Gasteiger partial charge is 0.354 e. The summed E-state index contributed by atoms with van der Waals surface area (Å²) < 4.78 is 28.1. The van der Waals surface area contributed by atoms with E-state index in [1.807, 2.05) is 0 Å². The van der Waals surface area contributed by atoms with Crippen molar-refractivity contribution in [2.75, 3.05) is 0 Å². The van der Waals surface area contributed by atoms with Crippen molar-refractivity contribution in [1.29, 1.82) is 0 Å². The van der Waals surface area contributed by atoms with Gasteiger partial charge in [0, 0.05) is 5.56 Å². The monoisotopic (exact) mass is 402 g/mol. The number of rotatable bonds is 3. The first kappa shape index (κ1) is 17.7. The minimum Gasteiger partial charge on any atom is -0.477 e. The number of halogens is 5. The second-order valence-electron chi connectivity index (χ2n) is 4.98. The Hall–Kier alpha value is -2.15. The van der Waals surface area contributed by atoms with E-state index in [1.54, 1.807) is 0 Å². The third-order valence-electron chi connectivity index (χ3n) is 3.36. The molecular weight excluding hydrogens is 397 g/mol. The summed E-state index contributed by atoms with van der Waals surface area (Å²) in [6.45, 7) is 0. The Morgan fingerprint density at radius 3 is 2.28 bits per heavy atom. The van der Waals surface area contributed by atoms with Gasteiger partial charge in [0.1, 0.15) is 11.6 Å². The van der Waals surface area contributed by atoms with Crippen molar-refractivity contribution >= 4 is 40.8 Å². The SMILES string of the molecule is O=C(O)c1cc(-c2cc(F)c(Cl)cc2Cl)nn1-c1ccc(F)c(Cl)c1. The van der Waals surface area contributed by atoms with Gasteiger partial charge >= 0.3 is 5.97 Å². The molecule has 0 aliphatic rings. The van der Waals surface area contributed by atoms with E-state index in [9.17, 15) is 18.7 Å². The quantitative estimate of drug-likeness (QED) is 0.590. The first-order valence-electron chi connectivity index (χ1n) is 6.71. The zero-order valence-corrected chi connectivity index (χ0v) is 14.4. The van der Waals surface area contributed by atoms with E-state index in [-0.39, 0.29) is 37.7 Å². The average molecular weight is 404 g/mol. The molecule has 0 aliphatic carbocycles. The standard InChI is InChI=1S/C16H7Cl3F2N2O2/c17-9-5-11(19)13(21)4-8(9)14-6-15(16(24)25)23(22-14)7-1-2-12(20)10(18)3-7/h1-6H,(H,24,25). The van der Waals surface area contributed by atoms with Crippen molar-refractivity contribution < 1.29 is 18.7 Å². The van der Waals surface area contributed by atoms with Crippen molar-refractivity contribution in [3.63, 3.8) is 0 Å². The molecule has 2 aromatic carbocycles. The van der Waals surface area contributed by atoms with E-state index in [2.05, 4.69) is 5.10 Å². The molecular formula is C16H7Cl3F2N2O2. The first-order valence-corrected chi connectivity index (χ1v) is 7.85. The molecule has 0 aliphatic heterocycles. The van der Waals surface area contributed by atoms with Gasteiger partial charge in [-0.25, -0.2) is 18.3 Å². The van der Waals surface area contributed by atoms with E-state index in [4.69, 9.17) is 34.8 Å². The molecule has 0 saturated carbocycles. The summed E-state index contributed by atoms with van der Waals surface area (Å²) in [4.78, 5) is 11.5. The Bertz CT molecular complexity index is 1010. The minimum atomic E-state index is -1.29. The van der Waals surface area contributed by atoms with Gasteiger partial charge < -0.3 is 5.11 Å². The number of carboxylic acids is 1. The summed E-state index contributed by atoms with van der Waals surface area (Å²) in [7, 11) is 0. The van der Waals surface area contributed by atoms with E-state index in [0.717, 1.165) is 16.8 Å². The third kappa shape index (κ3) is 3.33. The molecule has 0 saturated heterocycles. The van der Waals surface area contributed by atoms with E-state index < -0.39 is 17.6 Å². The topological polar surface area (TPSA) is 55.1 Å². The number of aromatic carboxylic acids is 1. The summed E-state index contributed by atoms with van der Waals surface area (Å²) in [6.07, 6.45) is 0. The second-order valence-corrected chi connectivity index (χ2v) is 6.20. The van der Waals surface area contributed by atoms with Crippen LogP contribution in [0, 0.1) is 11.6 Å². The molecule has 25 heavy (non-hydrogen) atoms. The summed E-state index contributed by atoms with van der Waals surface area (Å²) >= 11 is 17.4. The van der Waals surface area contributed by atoms with Crippen LogP contribution in [0.5, 0.6) is 0 Å². The van der Waals surface area contributed by atoms with Gasteiger partial charge in [0.05, 0.1) is 26.4 Å². The number of hydrogen-bond acceptors (Lipinski definition) is 2. The fourth-order valence-electron chi connectivity index (χ4n) is 2.20. The van der Waals surface area contributed by atoms with Crippen LogP contribution in [0.4, 0.5) is 8.78 Å². The van der Waals surface area contributed by atoms with E-state index in [1.165, 1.54) is 24.3 Å². The van der Waals surface area contributed by atoms with Crippen LogP contribution in [-0.2, 0) is 0 Å². The van der Waals surface area contributed by atoms with Crippen LogP contribution in [0.2, 0.25) is 15.1 Å². The first-order chi connectivity index (χ1) is 11.8. The summed E-state index contributed by atoms with van der Waals surface area (Å²) in [5.41, 5.74) is 0.265. The molecule has 0 amide bonds. The van der Waals surface area contributed by atoms with Crippen LogP contribution in [-0.4, -0.2) is 20.9 Å². The lowest BCUT2D eigenvalue weighted by atomic mass is 10.1. The van der Waals surface area contributed by atoms with Crippen LogP contribution < -0.4 is 0 Å². The van der Waals surface area contributed by atoms with Crippen molar-refractivity contribution in [2.45, 2.75) is 0 Å². The molecule has 0 radical (unpaired) electrons. The Labute approximate surface area is 155 Å². The van der Waals surface area contributed by atoms with Crippen molar-refractivity contribution in [3.05, 3.63) is 68.8 Å². The number of aromatic nitrogens is 2. The highest BCUT2D eigenvalue weighted by molar-refractivity contribution is 6.36. The summed E-state index contributed by atoms with van der Waals surface area (Å²) in [5, 5.41) is 13.3. The highest BCUT2D eigenvalue weighted by Gasteiger charge is 2.20. The lowest BCUT2D eigenvalue weighted by Crippen LogP contribution is -2.08. The molecule has 3 aromatic rings.